The van der Waals surface area contributed by atoms with Crippen LogP contribution in [0.3, 0.4) is 0 Å². The topological polar surface area (TPSA) is 52.6 Å². The van der Waals surface area contributed by atoms with Crippen molar-refractivity contribution in [3.05, 3.63) is 76.6 Å². The maximum atomic E-state index is 14.2. The Balaban J connectivity index is 1.81. The van der Waals surface area contributed by atoms with E-state index in [1.54, 1.807) is 24.3 Å². The second kappa shape index (κ2) is 7.16. The van der Waals surface area contributed by atoms with Crippen molar-refractivity contribution >= 4 is 17.3 Å². The van der Waals surface area contributed by atoms with Gasteiger partial charge in [-0.05, 0) is 19.2 Å². The average molecular weight is 383 g/mol. The summed E-state index contributed by atoms with van der Waals surface area (Å²) in [5.41, 5.74) is 0.824. The summed E-state index contributed by atoms with van der Waals surface area (Å²) in [7, 11) is 1.99. The molecule has 1 N–H and O–H groups in total. The number of rotatable bonds is 3. The molecule has 1 saturated heterocycles. The van der Waals surface area contributed by atoms with Crippen LogP contribution in [0.25, 0.3) is 0 Å². The Kier molecular flexibility index (Phi) is 4.68. The molecule has 2 aromatic rings. The van der Waals surface area contributed by atoms with Crippen molar-refractivity contribution in [3.63, 3.8) is 0 Å². The number of anilines is 1. The molecule has 0 unspecified atom stereocenters. The highest BCUT2D eigenvalue weighted by Crippen LogP contribution is 2.30. The van der Waals surface area contributed by atoms with E-state index < -0.39 is 11.6 Å². The van der Waals surface area contributed by atoms with Gasteiger partial charge in [0.2, 0.25) is 11.6 Å². The third kappa shape index (κ3) is 3.18. The number of nitrogens with zero attached hydrogens (tertiary/aromatic N) is 2. The molecule has 1 aliphatic carbocycles. The van der Waals surface area contributed by atoms with E-state index in [0.717, 1.165) is 25.2 Å². The summed E-state index contributed by atoms with van der Waals surface area (Å²) in [5, 5.41) is 2.77. The maximum Gasteiger partial charge on any atom is 0.212 e. The van der Waals surface area contributed by atoms with Crippen molar-refractivity contribution in [2.75, 3.05) is 38.5 Å². The average Bonchev–Trinajstić information content (AvgIpc) is 2.69. The number of benzene rings is 2. The Labute approximate surface area is 161 Å². The molecule has 7 heteroatoms. The van der Waals surface area contributed by atoms with Gasteiger partial charge in [0.15, 0.2) is 0 Å². The summed E-state index contributed by atoms with van der Waals surface area (Å²) in [6.07, 6.45) is 0. The monoisotopic (exact) mass is 383 g/mol. The Bertz CT molecular complexity index is 995. The van der Waals surface area contributed by atoms with E-state index in [0.29, 0.717) is 18.7 Å². The van der Waals surface area contributed by atoms with E-state index in [1.165, 1.54) is 6.07 Å². The van der Waals surface area contributed by atoms with Gasteiger partial charge >= 0.3 is 0 Å². The van der Waals surface area contributed by atoms with E-state index in [9.17, 15) is 18.4 Å². The van der Waals surface area contributed by atoms with E-state index in [-0.39, 0.29) is 34.2 Å². The lowest BCUT2D eigenvalue weighted by molar-refractivity contribution is 0.0917. The van der Waals surface area contributed by atoms with Crippen LogP contribution in [0.5, 0.6) is 0 Å². The predicted molar refractivity (Wildman–Crippen MR) is 101 cm³/mol. The molecule has 0 saturated carbocycles. The Morgan fingerprint density at radius 2 is 1.54 bits per heavy atom. The molecule has 0 amide bonds. The number of likely N-dealkylation sites (N-methyl/N-ethyl adjacent to an activating group) is 1. The lowest BCUT2D eigenvalue weighted by Crippen LogP contribution is -2.47. The van der Waals surface area contributed by atoms with Crippen molar-refractivity contribution in [1.29, 1.82) is 0 Å². The third-order valence-corrected chi connectivity index (χ3v) is 5.11. The first-order valence-electron chi connectivity index (χ1n) is 9.04. The number of hydrogen-bond donors (Lipinski definition) is 1. The molecule has 0 radical (unpaired) electrons. The van der Waals surface area contributed by atoms with Crippen LogP contribution >= 0.6 is 0 Å². The molecule has 1 fully saturated rings. The molecule has 1 heterocycles. The fourth-order valence-corrected chi connectivity index (χ4v) is 3.54. The van der Waals surface area contributed by atoms with E-state index in [4.69, 9.17) is 0 Å². The highest BCUT2D eigenvalue weighted by atomic mass is 19.1. The van der Waals surface area contributed by atoms with Crippen molar-refractivity contribution < 1.29 is 18.4 Å². The first kappa shape index (κ1) is 18.3. The summed E-state index contributed by atoms with van der Waals surface area (Å²) in [6.45, 7) is 2.63. The largest absolute Gasteiger partial charge is 0.364 e. The number of piperazine rings is 1. The fourth-order valence-electron chi connectivity index (χ4n) is 3.54. The highest BCUT2D eigenvalue weighted by Gasteiger charge is 2.36. The number of carbonyl (C=O) groups is 2. The molecule has 5 nitrogen and oxygen atoms in total. The summed E-state index contributed by atoms with van der Waals surface area (Å²) in [5.74, 6) is -2.20. The van der Waals surface area contributed by atoms with Gasteiger partial charge < -0.3 is 15.1 Å². The SMILES string of the molecule is CN1CCN(C2=C(Nc3ccc(F)cc3F)C(=O)c3ccccc3C2=O)CC1. The van der Waals surface area contributed by atoms with Gasteiger partial charge in [-0.2, -0.15) is 0 Å². The van der Waals surface area contributed by atoms with Crippen LogP contribution < -0.4 is 5.32 Å². The number of allylic oxidation sites excluding steroid dienone is 2. The molecule has 0 atom stereocenters. The molecule has 0 aromatic heterocycles. The Morgan fingerprint density at radius 1 is 0.893 bits per heavy atom. The summed E-state index contributed by atoms with van der Waals surface area (Å²) >= 11 is 0. The number of fused-ring (bicyclic) bond motifs is 1. The lowest BCUT2D eigenvalue weighted by Gasteiger charge is -2.37. The van der Waals surface area contributed by atoms with Crippen LogP contribution in [0, 0.1) is 11.6 Å². The van der Waals surface area contributed by atoms with Crippen molar-refractivity contribution in [2.24, 2.45) is 0 Å². The van der Waals surface area contributed by atoms with Crippen LogP contribution in [0.2, 0.25) is 0 Å². The van der Waals surface area contributed by atoms with Gasteiger partial charge in [-0.1, -0.05) is 24.3 Å². The van der Waals surface area contributed by atoms with E-state index in [1.807, 2.05) is 11.9 Å². The zero-order chi connectivity index (χ0) is 19.8. The minimum atomic E-state index is -0.829. The molecule has 4 rings (SSSR count). The molecule has 1 aliphatic heterocycles. The van der Waals surface area contributed by atoms with Crippen molar-refractivity contribution in [3.8, 4) is 0 Å². The summed E-state index contributed by atoms with van der Waals surface area (Å²) in [4.78, 5) is 30.4. The van der Waals surface area contributed by atoms with Crippen LogP contribution in [0.1, 0.15) is 20.7 Å². The normalized spacial score (nSPS) is 17.8. The summed E-state index contributed by atoms with van der Waals surface area (Å²) in [6, 6.07) is 9.66. The predicted octanol–water partition coefficient (Wildman–Crippen LogP) is 2.91. The van der Waals surface area contributed by atoms with Crippen molar-refractivity contribution in [2.45, 2.75) is 0 Å². The maximum absolute atomic E-state index is 14.2. The van der Waals surface area contributed by atoms with Crippen LogP contribution in [0.4, 0.5) is 14.5 Å². The molecule has 28 heavy (non-hydrogen) atoms. The van der Waals surface area contributed by atoms with Gasteiger partial charge in [0.05, 0.1) is 5.69 Å². The number of ketones is 2. The van der Waals surface area contributed by atoms with E-state index in [2.05, 4.69) is 10.2 Å². The number of carbonyl (C=O) groups excluding carboxylic acids is 2. The fraction of sp³-hybridized carbons (Fsp3) is 0.238. The van der Waals surface area contributed by atoms with Gasteiger partial charge in [0, 0.05) is 43.4 Å². The lowest BCUT2D eigenvalue weighted by atomic mass is 9.89. The van der Waals surface area contributed by atoms with Crippen LogP contribution in [0.15, 0.2) is 53.9 Å². The minimum Gasteiger partial charge on any atom is -0.364 e. The molecule has 0 bridgehead atoms. The van der Waals surface area contributed by atoms with Crippen molar-refractivity contribution in [1.82, 2.24) is 9.80 Å². The first-order valence-corrected chi connectivity index (χ1v) is 9.04. The minimum absolute atomic E-state index is 0.0266. The molecule has 2 aromatic carbocycles. The quantitative estimate of drug-likeness (QED) is 0.883. The van der Waals surface area contributed by atoms with Gasteiger partial charge in [-0.25, -0.2) is 8.78 Å². The number of halogens is 2. The number of Topliss-reactive ketones (excluding diaryl/α,β-unsaturated/α-hetero) is 2. The summed E-state index contributed by atoms with van der Waals surface area (Å²) < 4.78 is 27.5. The Morgan fingerprint density at radius 3 is 2.18 bits per heavy atom. The van der Waals surface area contributed by atoms with Gasteiger partial charge in [0.25, 0.3) is 0 Å². The second-order valence-corrected chi connectivity index (χ2v) is 6.97. The smallest absolute Gasteiger partial charge is 0.212 e. The molecular formula is C21H19F2N3O2. The molecule has 2 aliphatic rings. The van der Waals surface area contributed by atoms with Gasteiger partial charge in [-0.3, -0.25) is 9.59 Å². The zero-order valence-corrected chi connectivity index (χ0v) is 15.3. The molecule has 0 spiro atoms. The number of hydrogen-bond acceptors (Lipinski definition) is 5. The molecule has 144 valence electrons. The standard InChI is InChI=1S/C21H19F2N3O2/c1-25-8-10-26(11-9-25)19-18(24-17-7-6-13(22)12-16(17)23)20(27)14-4-2-3-5-15(14)21(19)28/h2-7,12,24H,8-11H2,1H3. The van der Waals surface area contributed by atoms with Gasteiger partial charge in [-0.15, -0.1) is 0 Å². The molecular weight excluding hydrogens is 364 g/mol. The Hall–Kier alpha value is -3.06. The highest BCUT2D eigenvalue weighted by molar-refractivity contribution is 6.27. The zero-order valence-electron chi connectivity index (χ0n) is 15.3. The van der Waals surface area contributed by atoms with Crippen LogP contribution in [-0.2, 0) is 0 Å². The van der Waals surface area contributed by atoms with E-state index >= 15 is 0 Å². The van der Waals surface area contributed by atoms with Gasteiger partial charge in [0.1, 0.15) is 23.0 Å². The van der Waals surface area contributed by atoms with Crippen LogP contribution in [-0.4, -0.2) is 54.6 Å². The number of nitrogens with one attached hydrogen (secondary N) is 1. The first-order chi connectivity index (χ1) is 13.5. The third-order valence-electron chi connectivity index (χ3n) is 5.11. The second-order valence-electron chi connectivity index (χ2n) is 6.97.